The minimum atomic E-state index is -1.18. The Hall–Kier alpha value is 0.190. The zero-order chi connectivity index (χ0) is 13.8. The maximum Gasteiger partial charge on any atom is 0.108 e. The summed E-state index contributed by atoms with van der Waals surface area (Å²) >= 11 is 1.67. The molecule has 2 fully saturated rings. The molecule has 1 aliphatic carbocycles. The van der Waals surface area contributed by atoms with Gasteiger partial charge in [-0.3, -0.25) is 0 Å². The summed E-state index contributed by atoms with van der Waals surface area (Å²) in [6.07, 6.45) is -1.97. The third kappa shape index (κ3) is 1.75. The molecule has 0 amide bonds. The van der Waals surface area contributed by atoms with Crippen molar-refractivity contribution < 1.29 is 20.4 Å². The van der Waals surface area contributed by atoms with E-state index in [0.29, 0.717) is 12.8 Å². The summed E-state index contributed by atoms with van der Waals surface area (Å²) in [4.78, 5) is 0. The smallest absolute Gasteiger partial charge is 0.108 e. The lowest BCUT2D eigenvalue weighted by molar-refractivity contribution is -0.189. The Morgan fingerprint density at radius 1 is 1.17 bits per heavy atom. The number of aliphatic hydroxyl groups excluding tert-OH is 4. The van der Waals surface area contributed by atoms with Crippen LogP contribution in [0.5, 0.6) is 0 Å². The maximum atomic E-state index is 10.4. The van der Waals surface area contributed by atoms with Gasteiger partial charge in [0.1, 0.15) is 6.10 Å². The molecule has 0 aromatic heterocycles. The average molecular weight is 276 g/mol. The van der Waals surface area contributed by atoms with Crippen LogP contribution in [0.3, 0.4) is 0 Å². The van der Waals surface area contributed by atoms with Gasteiger partial charge in [-0.25, -0.2) is 0 Å². The van der Waals surface area contributed by atoms with Crippen molar-refractivity contribution in [3.63, 3.8) is 0 Å². The van der Waals surface area contributed by atoms with Gasteiger partial charge in [0.2, 0.25) is 0 Å². The van der Waals surface area contributed by atoms with E-state index in [1.807, 2.05) is 20.8 Å². The van der Waals surface area contributed by atoms with Crippen LogP contribution in [0.2, 0.25) is 0 Å². The van der Waals surface area contributed by atoms with Crippen LogP contribution in [0.25, 0.3) is 0 Å². The Bertz CT molecular complexity index is 329. The van der Waals surface area contributed by atoms with Crippen molar-refractivity contribution in [2.24, 2.45) is 10.8 Å². The molecule has 4 N–H and O–H groups in total. The van der Waals surface area contributed by atoms with Gasteiger partial charge in [0.25, 0.3) is 0 Å². The number of hydrogen-bond acceptors (Lipinski definition) is 5. The summed E-state index contributed by atoms with van der Waals surface area (Å²) in [6.45, 7) is 5.99. The Labute approximate surface area is 112 Å². The summed E-state index contributed by atoms with van der Waals surface area (Å²) in [6, 6.07) is 0. The fourth-order valence-electron chi connectivity index (χ4n) is 3.51. The van der Waals surface area contributed by atoms with E-state index in [1.165, 1.54) is 0 Å². The van der Waals surface area contributed by atoms with E-state index >= 15 is 0 Å². The van der Waals surface area contributed by atoms with Gasteiger partial charge < -0.3 is 20.4 Å². The van der Waals surface area contributed by atoms with Crippen LogP contribution in [-0.2, 0) is 0 Å². The molecule has 4 nitrogen and oxygen atoms in total. The van der Waals surface area contributed by atoms with E-state index in [1.54, 1.807) is 11.8 Å². The lowest BCUT2D eigenvalue weighted by atomic mass is 9.57. The van der Waals surface area contributed by atoms with Crippen LogP contribution in [-0.4, -0.2) is 55.8 Å². The van der Waals surface area contributed by atoms with Gasteiger partial charge in [-0.05, 0) is 24.0 Å². The molecule has 1 unspecified atom stereocenters. The highest BCUT2D eigenvalue weighted by Crippen LogP contribution is 2.61. The van der Waals surface area contributed by atoms with E-state index < -0.39 is 28.5 Å². The van der Waals surface area contributed by atoms with Gasteiger partial charge in [-0.15, -0.1) is 0 Å². The van der Waals surface area contributed by atoms with Crippen molar-refractivity contribution in [3.8, 4) is 0 Å². The van der Waals surface area contributed by atoms with E-state index in [9.17, 15) is 20.4 Å². The van der Waals surface area contributed by atoms with Gasteiger partial charge in [-0.2, -0.15) is 11.8 Å². The highest BCUT2D eigenvalue weighted by atomic mass is 32.2. The quantitative estimate of drug-likeness (QED) is 0.556. The minimum absolute atomic E-state index is 0.143. The zero-order valence-corrected chi connectivity index (χ0v) is 12.1. The van der Waals surface area contributed by atoms with Crippen LogP contribution in [0.4, 0.5) is 0 Å². The molecule has 1 heterocycles. The highest BCUT2D eigenvalue weighted by Gasteiger charge is 2.64. The standard InChI is InChI=1S/C13H24O4S/c1-11(2,3)13-6-12(7-14,4-5-18-13)9(16)8(15)10(13)17/h8-10,14-17H,4-7H2,1-3H3/t8-,9-,10+,12+,13?/m0/s1. The molecule has 2 aliphatic rings. The molecule has 2 rings (SSSR count). The van der Waals surface area contributed by atoms with Crippen molar-refractivity contribution in [2.75, 3.05) is 12.4 Å². The second-order valence-electron chi connectivity index (χ2n) is 6.82. The predicted octanol–water partition coefficient (Wildman–Crippen LogP) is 0.373. The van der Waals surface area contributed by atoms with E-state index in [0.717, 1.165) is 5.75 Å². The molecule has 1 aliphatic heterocycles. The lowest BCUT2D eigenvalue weighted by Gasteiger charge is -2.61. The van der Waals surface area contributed by atoms with Crippen LogP contribution >= 0.6 is 11.8 Å². The Morgan fingerprint density at radius 3 is 2.28 bits per heavy atom. The monoisotopic (exact) mass is 276 g/mol. The summed E-state index contributed by atoms with van der Waals surface area (Å²) < 4.78 is -0.507. The largest absolute Gasteiger partial charge is 0.396 e. The fourth-order valence-corrected chi connectivity index (χ4v) is 5.51. The summed E-state index contributed by atoms with van der Waals surface area (Å²) in [7, 11) is 0. The first-order chi connectivity index (χ1) is 8.20. The summed E-state index contributed by atoms with van der Waals surface area (Å²) in [5, 5.41) is 40.5. The van der Waals surface area contributed by atoms with E-state index in [2.05, 4.69) is 0 Å². The van der Waals surface area contributed by atoms with Crippen LogP contribution in [0.15, 0.2) is 0 Å². The van der Waals surface area contributed by atoms with Crippen LogP contribution in [0, 0.1) is 10.8 Å². The number of fused-ring (bicyclic) bond motifs is 2. The lowest BCUT2D eigenvalue weighted by Crippen LogP contribution is -2.70. The predicted molar refractivity (Wildman–Crippen MR) is 71.4 cm³/mol. The third-order valence-electron chi connectivity index (χ3n) is 4.91. The van der Waals surface area contributed by atoms with E-state index in [4.69, 9.17) is 0 Å². The molecule has 0 aromatic rings. The van der Waals surface area contributed by atoms with Gasteiger partial charge in [-0.1, -0.05) is 20.8 Å². The molecule has 0 spiro atoms. The Kier molecular flexibility index (Phi) is 3.53. The van der Waals surface area contributed by atoms with Gasteiger partial charge >= 0.3 is 0 Å². The summed E-state index contributed by atoms with van der Waals surface area (Å²) in [5.74, 6) is 0.790. The second-order valence-corrected chi connectivity index (χ2v) is 8.24. The second kappa shape index (κ2) is 4.35. The molecule has 1 saturated heterocycles. The van der Waals surface area contributed by atoms with Crippen molar-refractivity contribution >= 4 is 11.8 Å². The first-order valence-corrected chi connectivity index (χ1v) is 7.48. The normalized spacial score (nSPS) is 49.2. The van der Waals surface area contributed by atoms with E-state index in [-0.39, 0.29) is 12.0 Å². The summed E-state index contributed by atoms with van der Waals surface area (Å²) in [5.41, 5.74) is -0.879. The molecular weight excluding hydrogens is 252 g/mol. The Balaban J connectivity index is 2.48. The number of hydrogen-bond donors (Lipinski definition) is 4. The van der Waals surface area contributed by atoms with Crippen molar-refractivity contribution in [1.82, 2.24) is 0 Å². The first-order valence-electron chi connectivity index (χ1n) is 6.49. The SMILES string of the molecule is CC(C)(C)C12C[C@@](CO)(CCS1)[C@@H](O)[C@H](O)[C@H]2O. The molecule has 106 valence electrons. The first kappa shape index (κ1) is 14.6. The molecule has 5 heteroatoms. The third-order valence-corrected chi connectivity index (χ3v) is 6.83. The zero-order valence-electron chi connectivity index (χ0n) is 11.3. The minimum Gasteiger partial charge on any atom is -0.396 e. The molecule has 0 aromatic carbocycles. The highest BCUT2D eigenvalue weighted by molar-refractivity contribution is 8.00. The molecule has 0 radical (unpaired) electrons. The van der Waals surface area contributed by atoms with Crippen LogP contribution in [0.1, 0.15) is 33.6 Å². The maximum absolute atomic E-state index is 10.4. The molecule has 1 saturated carbocycles. The van der Waals surface area contributed by atoms with Crippen molar-refractivity contribution in [1.29, 1.82) is 0 Å². The topological polar surface area (TPSA) is 80.9 Å². The molecule has 5 atom stereocenters. The van der Waals surface area contributed by atoms with Crippen molar-refractivity contribution in [3.05, 3.63) is 0 Å². The van der Waals surface area contributed by atoms with Crippen molar-refractivity contribution in [2.45, 2.75) is 56.7 Å². The fraction of sp³-hybridized carbons (Fsp3) is 1.00. The molecule has 18 heavy (non-hydrogen) atoms. The number of aliphatic hydroxyl groups is 4. The Morgan fingerprint density at radius 2 is 1.78 bits per heavy atom. The van der Waals surface area contributed by atoms with Crippen LogP contribution < -0.4 is 0 Å². The van der Waals surface area contributed by atoms with Gasteiger partial charge in [0.05, 0.1) is 23.6 Å². The number of thioether (sulfide) groups is 1. The van der Waals surface area contributed by atoms with Gasteiger partial charge in [0.15, 0.2) is 0 Å². The average Bonchev–Trinajstić information content (AvgIpc) is 2.33. The molecule has 2 bridgehead atoms. The molecular formula is C13H24O4S. The van der Waals surface area contributed by atoms with Gasteiger partial charge in [0, 0.05) is 5.41 Å². The number of rotatable bonds is 1.